The van der Waals surface area contributed by atoms with Gasteiger partial charge in [-0.25, -0.2) is 9.07 Å². The largest absolute Gasteiger partial charge is 0.368 e. The predicted octanol–water partition coefficient (Wildman–Crippen LogP) is 4.42. The Morgan fingerprint density at radius 2 is 1.69 bits per heavy atom. The van der Waals surface area contributed by atoms with Crippen molar-refractivity contribution in [2.45, 2.75) is 0 Å². The van der Waals surface area contributed by atoms with Crippen LogP contribution in [-0.4, -0.2) is 51.3 Å². The van der Waals surface area contributed by atoms with Gasteiger partial charge in [0.05, 0.1) is 6.20 Å². The Kier molecular flexibility index (Phi) is 5.41. The number of halogens is 2. The number of piperazine rings is 1. The van der Waals surface area contributed by atoms with Crippen LogP contribution in [0.15, 0.2) is 79.3 Å². The summed E-state index contributed by atoms with van der Waals surface area (Å²) >= 11 is 6.12. The first-order valence-electron chi connectivity index (χ1n) is 10.4. The van der Waals surface area contributed by atoms with E-state index in [4.69, 9.17) is 11.6 Å². The topological polar surface area (TPSA) is 46.3 Å². The fourth-order valence-corrected chi connectivity index (χ4v) is 4.21. The lowest BCUT2D eigenvalue weighted by Crippen LogP contribution is -2.48. The van der Waals surface area contributed by atoms with E-state index in [1.807, 2.05) is 53.7 Å². The standard InChI is InChI=1S/C24H21ClFN5O/c25-18-6-5-7-19(16-18)28-12-14-30(15-13-28)24(32)20-17-27-31(22-9-2-1-8-21(22)26)23(20)29-10-3-4-11-29/h1-11,16-17H,12-15H2. The smallest absolute Gasteiger partial charge is 0.259 e. The molecule has 0 radical (unpaired) electrons. The third-order valence-corrected chi connectivity index (χ3v) is 5.88. The molecule has 1 aliphatic heterocycles. The molecule has 2 aromatic heterocycles. The number of benzene rings is 2. The molecule has 0 bridgehead atoms. The summed E-state index contributed by atoms with van der Waals surface area (Å²) in [7, 11) is 0. The highest BCUT2D eigenvalue weighted by Crippen LogP contribution is 2.25. The highest BCUT2D eigenvalue weighted by molar-refractivity contribution is 6.30. The zero-order chi connectivity index (χ0) is 22.1. The lowest BCUT2D eigenvalue weighted by Gasteiger charge is -2.36. The molecule has 0 aliphatic carbocycles. The number of amides is 1. The number of para-hydroxylation sites is 1. The maximum absolute atomic E-state index is 14.5. The number of nitrogens with zero attached hydrogens (tertiary/aromatic N) is 5. The SMILES string of the molecule is O=C(c1cnn(-c2ccccc2F)c1-n1cccc1)N1CCN(c2cccc(Cl)c2)CC1. The van der Waals surface area contributed by atoms with Gasteiger partial charge in [-0.2, -0.15) is 5.10 Å². The number of anilines is 1. The number of hydrogen-bond donors (Lipinski definition) is 0. The first-order chi connectivity index (χ1) is 15.6. The Labute approximate surface area is 190 Å². The number of carbonyl (C=O) groups is 1. The van der Waals surface area contributed by atoms with Crippen LogP contribution in [0.25, 0.3) is 11.5 Å². The van der Waals surface area contributed by atoms with Crippen molar-refractivity contribution in [3.63, 3.8) is 0 Å². The molecule has 1 fully saturated rings. The summed E-state index contributed by atoms with van der Waals surface area (Å²) in [5, 5.41) is 5.07. The van der Waals surface area contributed by atoms with Crippen LogP contribution in [0, 0.1) is 5.82 Å². The number of aromatic nitrogens is 3. The molecular formula is C24H21ClFN5O. The maximum Gasteiger partial charge on any atom is 0.259 e. The number of carbonyl (C=O) groups excluding carboxylic acids is 1. The maximum atomic E-state index is 14.5. The zero-order valence-electron chi connectivity index (χ0n) is 17.2. The van der Waals surface area contributed by atoms with E-state index in [0.717, 1.165) is 5.69 Å². The van der Waals surface area contributed by atoms with Crippen LogP contribution in [0.3, 0.4) is 0 Å². The monoisotopic (exact) mass is 449 g/mol. The summed E-state index contributed by atoms with van der Waals surface area (Å²) < 4.78 is 17.8. The van der Waals surface area contributed by atoms with E-state index < -0.39 is 5.82 Å². The molecule has 0 spiro atoms. The van der Waals surface area contributed by atoms with E-state index in [1.165, 1.54) is 16.9 Å². The Morgan fingerprint density at radius 1 is 0.938 bits per heavy atom. The Balaban J connectivity index is 1.43. The molecule has 1 saturated heterocycles. The second-order valence-electron chi connectivity index (χ2n) is 7.59. The summed E-state index contributed by atoms with van der Waals surface area (Å²) in [6, 6.07) is 17.8. The molecule has 6 nitrogen and oxygen atoms in total. The average molecular weight is 450 g/mol. The van der Waals surface area contributed by atoms with Gasteiger partial charge in [0.15, 0.2) is 5.82 Å². The Morgan fingerprint density at radius 3 is 2.41 bits per heavy atom. The molecule has 1 amide bonds. The minimum absolute atomic E-state index is 0.123. The van der Waals surface area contributed by atoms with Crippen LogP contribution in [-0.2, 0) is 0 Å². The first kappa shape index (κ1) is 20.3. The predicted molar refractivity (Wildman–Crippen MR) is 122 cm³/mol. The van der Waals surface area contributed by atoms with Crippen molar-refractivity contribution < 1.29 is 9.18 Å². The minimum atomic E-state index is -0.404. The van der Waals surface area contributed by atoms with Gasteiger partial charge in [-0.15, -0.1) is 0 Å². The normalized spacial score (nSPS) is 14.1. The van der Waals surface area contributed by atoms with Gasteiger partial charge in [0.25, 0.3) is 5.91 Å². The van der Waals surface area contributed by atoms with Crippen molar-refractivity contribution in [1.82, 2.24) is 19.2 Å². The van der Waals surface area contributed by atoms with Gasteiger partial charge in [0, 0.05) is 49.3 Å². The number of rotatable bonds is 4. The van der Waals surface area contributed by atoms with Crippen molar-refractivity contribution in [2.24, 2.45) is 0 Å². The minimum Gasteiger partial charge on any atom is -0.368 e. The van der Waals surface area contributed by atoms with Crippen molar-refractivity contribution in [3.05, 3.63) is 95.7 Å². The van der Waals surface area contributed by atoms with Gasteiger partial charge >= 0.3 is 0 Å². The van der Waals surface area contributed by atoms with Gasteiger partial charge in [0.2, 0.25) is 0 Å². The van der Waals surface area contributed by atoms with E-state index >= 15 is 0 Å². The van der Waals surface area contributed by atoms with Crippen LogP contribution < -0.4 is 4.90 Å². The molecule has 0 unspecified atom stereocenters. The molecule has 32 heavy (non-hydrogen) atoms. The van der Waals surface area contributed by atoms with Crippen molar-refractivity contribution in [2.75, 3.05) is 31.1 Å². The molecule has 1 aliphatic rings. The third-order valence-electron chi connectivity index (χ3n) is 5.64. The molecule has 5 rings (SSSR count). The first-order valence-corrected chi connectivity index (χ1v) is 10.8. The molecule has 3 heterocycles. The summed E-state index contributed by atoms with van der Waals surface area (Å²) in [6.07, 6.45) is 5.16. The summed E-state index contributed by atoms with van der Waals surface area (Å²) in [5.41, 5.74) is 1.77. The zero-order valence-corrected chi connectivity index (χ0v) is 18.0. The van der Waals surface area contributed by atoms with Crippen LogP contribution in [0.2, 0.25) is 5.02 Å². The van der Waals surface area contributed by atoms with Gasteiger partial charge in [-0.3, -0.25) is 4.79 Å². The molecular weight excluding hydrogens is 429 g/mol. The fourth-order valence-electron chi connectivity index (χ4n) is 4.03. The third kappa shape index (κ3) is 3.76. The lowest BCUT2D eigenvalue weighted by atomic mass is 10.2. The number of hydrogen-bond acceptors (Lipinski definition) is 3. The van der Waals surface area contributed by atoms with E-state index in [9.17, 15) is 9.18 Å². The highest BCUT2D eigenvalue weighted by atomic mass is 35.5. The van der Waals surface area contributed by atoms with Crippen molar-refractivity contribution in [1.29, 1.82) is 0 Å². The molecule has 4 aromatic rings. The molecule has 2 aromatic carbocycles. The van der Waals surface area contributed by atoms with Crippen LogP contribution in [0.1, 0.15) is 10.4 Å². The van der Waals surface area contributed by atoms with Gasteiger partial charge in [-0.05, 0) is 42.5 Å². The molecule has 162 valence electrons. The summed E-state index contributed by atoms with van der Waals surface area (Å²) in [4.78, 5) is 17.5. The lowest BCUT2D eigenvalue weighted by molar-refractivity contribution is 0.0746. The average Bonchev–Trinajstić information content (AvgIpc) is 3.49. The van der Waals surface area contributed by atoms with Crippen LogP contribution in [0.4, 0.5) is 10.1 Å². The summed E-state index contributed by atoms with van der Waals surface area (Å²) in [5.74, 6) is -0.0115. The highest BCUT2D eigenvalue weighted by Gasteiger charge is 2.28. The quantitative estimate of drug-likeness (QED) is 0.463. The second kappa shape index (κ2) is 8.51. The second-order valence-corrected chi connectivity index (χ2v) is 8.03. The van der Waals surface area contributed by atoms with Crippen molar-refractivity contribution in [3.8, 4) is 11.5 Å². The van der Waals surface area contributed by atoms with E-state index in [2.05, 4.69) is 10.00 Å². The molecule has 0 N–H and O–H groups in total. The van der Waals surface area contributed by atoms with E-state index in [-0.39, 0.29) is 5.91 Å². The van der Waals surface area contributed by atoms with Crippen LogP contribution in [0.5, 0.6) is 0 Å². The van der Waals surface area contributed by atoms with Gasteiger partial charge in [0.1, 0.15) is 17.1 Å². The molecule has 0 atom stereocenters. The Hall–Kier alpha value is -3.58. The van der Waals surface area contributed by atoms with Gasteiger partial charge in [-0.1, -0.05) is 29.8 Å². The van der Waals surface area contributed by atoms with E-state index in [0.29, 0.717) is 48.3 Å². The molecule has 0 saturated carbocycles. The van der Waals surface area contributed by atoms with Gasteiger partial charge < -0.3 is 14.4 Å². The van der Waals surface area contributed by atoms with Crippen molar-refractivity contribution >= 4 is 23.2 Å². The summed E-state index contributed by atoms with van der Waals surface area (Å²) in [6.45, 7) is 2.54. The molecule has 8 heteroatoms. The van der Waals surface area contributed by atoms with Crippen LogP contribution >= 0.6 is 11.6 Å². The fraction of sp³-hybridized carbons (Fsp3) is 0.167. The van der Waals surface area contributed by atoms with E-state index in [1.54, 1.807) is 22.8 Å². The Bertz CT molecular complexity index is 1250.